The lowest BCUT2D eigenvalue weighted by Gasteiger charge is -2.16. The van der Waals surface area contributed by atoms with E-state index >= 15 is 0 Å². The normalized spacial score (nSPS) is 15.9. The number of aryl methyl sites for hydroxylation is 1. The van der Waals surface area contributed by atoms with Gasteiger partial charge in [0.15, 0.2) is 11.4 Å². The summed E-state index contributed by atoms with van der Waals surface area (Å²) in [6.07, 6.45) is 3.49. The second kappa shape index (κ2) is 9.99. The van der Waals surface area contributed by atoms with Gasteiger partial charge in [0.2, 0.25) is 10.8 Å². The molecule has 2 N–H and O–H groups in total. The predicted octanol–water partition coefficient (Wildman–Crippen LogP) is 5.55. The standard InChI is InChI=1S/C25H26FN5O2S/c1-2-6-16(22-19-9-3-4-10-21(19)33-31-22)11-13-27-25-29-20-12-14-34(32)23(20)24(30-25)28-18-8-5-7-17(26)15-18/h3-5,7-10,15-16H,2,6,11-14H2,1H3,(H2,27,28,29,30). The summed E-state index contributed by atoms with van der Waals surface area (Å²) in [5, 5.41) is 11.9. The van der Waals surface area contributed by atoms with E-state index in [0.29, 0.717) is 41.1 Å². The third-order valence-corrected chi connectivity index (χ3v) is 7.44. The van der Waals surface area contributed by atoms with E-state index in [1.165, 1.54) is 12.1 Å². The van der Waals surface area contributed by atoms with Crippen molar-refractivity contribution in [3.63, 3.8) is 0 Å². The van der Waals surface area contributed by atoms with Crippen LogP contribution in [0, 0.1) is 5.82 Å². The molecule has 1 aliphatic rings. The molecule has 0 saturated carbocycles. The van der Waals surface area contributed by atoms with Crippen LogP contribution in [-0.4, -0.2) is 32.0 Å². The molecule has 2 atom stereocenters. The van der Waals surface area contributed by atoms with Crippen LogP contribution < -0.4 is 10.6 Å². The number of fused-ring (bicyclic) bond motifs is 2. The number of anilines is 3. The van der Waals surface area contributed by atoms with E-state index in [1.807, 2.05) is 24.3 Å². The van der Waals surface area contributed by atoms with E-state index in [1.54, 1.807) is 12.1 Å². The number of aromatic nitrogens is 3. The van der Waals surface area contributed by atoms with E-state index in [4.69, 9.17) is 4.52 Å². The third kappa shape index (κ3) is 4.71. The smallest absolute Gasteiger partial charge is 0.225 e. The van der Waals surface area contributed by atoms with Gasteiger partial charge in [-0.1, -0.05) is 36.7 Å². The molecule has 4 aromatic rings. The molecule has 0 fully saturated rings. The van der Waals surface area contributed by atoms with Gasteiger partial charge in [-0.05, 0) is 54.3 Å². The van der Waals surface area contributed by atoms with Crippen LogP contribution in [0.1, 0.15) is 43.5 Å². The lowest BCUT2D eigenvalue weighted by Crippen LogP contribution is -2.13. The maximum Gasteiger partial charge on any atom is 0.225 e. The van der Waals surface area contributed by atoms with Crippen molar-refractivity contribution in [1.29, 1.82) is 0 Å². The van der Waals surface area contributed by atoms with E-state index in [-0.39, 0.29) is 11.7 Å². The number of hydrogen-bond acceptors (Lipinski definition) is 7. The minimum Gasteiger partial charge on any atom is -0.611 e. The average Bonchev–Trinajstić information content (AvgIpc) is 3.42. The summed E-state index contributed by atoms with van der Waals surface area (Å²) in [5.41, 5.74) is 3.10. The summed E-state index contributed by atoms with van der Waals surface area (Å²) < 4.78 is 31.7. The zero-order chi connectivity index (χ0) is 23.5. The van der Waals surface area contributed by atoms with Crippen LogP contribution in [0.5, 0.6) is 0 Å². The fourth-order valence-corrected chi connectivity index (χ4v) is 5.69. The number of nitrogens with one attached hydrogen (secondary N) is 2. The Hall–Kier alpha value is -3.17. The highest BCUT2D eigenvalue weighted by Crippen LogP contribution is 2.34. The molecule has 34 heavy (non-hydrogen) atoms. The van der Waals surface area contributed by atoms with Crippen LogP contribution in [0.15, 0.2) is 57.9 Å². The van der Waals surface area contributed by atoms with E-state index in [9.17, 15) is 8.94 Å². The quantitative estimate of drug-likeness (QED) is 0.304. The van der Waals surface area contributed by atoms with Crippen LogP contribution >= 0.6 is 0 Å². The zero-order valence-corrected chi connectivity index (χ0v) is 19.7. The molecule has 176 valence electrons. The summed E-state index contributed by atoms with van der Waals surface area (Å²) in [5.74, 6) is 1.34. The number of benzene rings is 2. The molecule has 3 heterocycles. The highest BCUT2D eigenvalue weighted by Gasteiger charge is 2.32. The van der Waals surface area contributed by atoms with Gasteiger partial charge >= 0.3 is 0 Å². The second-order valence-corrected chi connectivity index (χ2v) is 9.88. The number of hydrogen-bond donors (Lipinski definition) is 2. The largest absolute Gasteiger partial charge is 0.611 e. The Bertz CT molecular complexity index is 1300. The molecular formula is C25H26FN5O2S. The monoisotopic (exact) mass is 479 g/mol. The first-order chi connectivity index (χ1) is 16.6. The van der Waals surface area contributed by atoms with Crippen molar-refractivity contribution in [2.24, 2.45) is 0 Å². The van der Waals surface area contributed by atoms with Crippen LogP contribution in [0.3, 0.4) is 0 Å². The molecule has 1 aliphatic heterocycles. The maximum absolute atomic E-state index is 13.7. The summed E-state index contributed by atoms with van der Waals surface area (Å²) >= 11 is -1.17. The van der Waals surface area contributed by atoms with Crippen LogP contribution in [0.4, 0.5) is 21.8 Å². The van der Waals surface area contributed by atoms with Crippen molar-refractivity contribution in [2.75, 3.05) is 22.9 Å². The topological polar surface area (TPSA) is 98.9 Å². The molecule has 0 bridgehead atoms. The fraction of sp³-hybridized carbons (Fsp3) is 0.320. The lowest BCUT2D eigenvalue weighted by molar-refractivity contribution is 0.428. The molecule has 0 amide bonds. The molecule has 5 rings (SSSR count). The van der Waals surface area contributed by atoms with Crippen molar-refractivity contribution >= 4 is 39.6 Å². The summed E-state index contributed by atoms with van der Waals surface area (Å²) in [7, 11) is 0. The molecule has 2 unspecified atom stereocenters. The predicted molar refractivity (Wildman–Crippen MR) is 131 cm³/mol. The van der Waals surface area contributed by atoms with E-state index in [0.717, 1.165) is 41.6 Å². The van der Waals surface area contributed by atoms with Crippen molar-refractivity contribution in [3.05, 3.63) is 65.7 Å². The minimum absolute atomic E-state index is 0.243. The Morgan fingerprint density at radius 3 is 2.88 bits per heavy atom. The Labute approximate surface area is 200 Å². The number of rotatable bonds is 9. The first-order valence-electron chi connectivity index (χ1n) is 11.5. The summed E-state index contributed by atoms with van der Waals surface area (Å²) in [6, 6.07) is 14.1. The van der Waals surface area contributed by atoms with Crippen LogP contribution in [-0.2, 0) is 17.6 Å². The van der Waals surface area contributed by atoms with Gasteiger partial charge in [-0.25, -0.2) is 9.37 Å². The Balaban J connectivity index is 1.34. The molecule has 9 heteroatoms. The highest BCUT2D eigenvalue weighted by atomic mass is 32.2. The van der Waals surface area contributed by atoms with Crippen molar-refractivity contribution in [3.8, 4) is 0 Å². The van der Waals surface area contributed by atoms with E-state index in [2.05, 4.69) is 32.7 Å². The second-order valence-electron chi connectivity index (χ2n) is 8.37. The van der Waals surface area contributed by atoms with Gasteiger partial charge in [-0.3, -0.25) is 0 Å². The number of para-hydroxylation sites is 1. The van der Waals surface area contributed by atoms with Gasteiger partial charge in [0.1, 0.15) is 17.3 Å². The van der Waals surface area contributed by atoms with E-state index < -0.39 is 11.2 Å². The molecule has 0 aliphatic carbocycles. The molecule has 7 nitrogen and oxygen atoms in total. The van der Waals surface area contributed by atoms with Gasteiger partial charge < -0.3 is 19.7 Å². The van der Waals surface area contributed by atoms with Crippen molar-refractivity contribution in [2.45, 2.75) is 43.4 Å². The summed E-state index contributed by atoms with van der Waals surface area (Å²) in [6.45, 7) is 2.81. The Kier molecular flexibility index (Phi) is 6.64. The third-order valence-electron chi connectivity index (χ3n) is 5.98. The Morgan fingerprint density at radius 2 is 2.03 bits per heavy atom. The molecule has 2 aromatic heterocycles. The molecular weight excluding hydrogens is 453 g/mol. The molecule has 0 spiro atoms. The van der Waals surface area contributed by atoms with Gasteiger partial charge in [0, 0.05) is 30.0 Å². The SMILES string of the molecule is CCCC(CCNc1nc2c(c(Nc3cccc(F)c3)n1)[S+]([O-])CC2)c1noc2ccccc12. The zero-order valence-electron chi connectivity index (χ0n) is 18.9. The first-order valence-corrected chi connectivity index (χ1v) is 12.8. The summed E-state index contributed by atoms with van der Waals surface area (Å²) in [4.78, 5) is 9.81. The highest BCUT2D eigenvalue weighted by molar-refractivity contribution is 7.91. The van der Waals surface area contributed by atoms with Gasteiger partial charge in [-0.15, -0.1) is 0 Å². The van der Waals surface area contributed by atoms with Crippen molar-refractivity contribution in [1.82, 2.24) is 15.1 Å². The molecule has 0 saturated heterocycles. The van der Waals surface area contributed by atoms with Gasteiger partial charge in [0.05, 0.1) is 5.69 Å². The van der Waals surface area contributed by atoms with Crippen molar-refractivity contribution < 1.29 is 13.5 Å². The number of nitrogens with zero attached hydrogens (tertiary/aromatic N) is 3. The lowest BCUT2D eigenvalue weighted by atomic mass is 9.94. The van der Waals surface area contributed by atoms with Gasteiger partial charge in [-0.2, -0.15) is 4.98 Å². The minimum atomic E-state index is -1.17. The average molecular weight is 480 g/mol. The number of halogens is 1. The molecule has 0 radical (unpaired) electrons. The first kappa shape index (κ1) is 22.6. The van der Waals surface area contributed by atoms with Gasteiger partial charge in [0.25, 0.3) is 0 Å². The maximum atomic E-state index is 13.7. The fourth-order valence-electron chi connectivity index (χ4n) is 4.39. The Morgan fingerprint density at radius 1 is 1.15 bits per heavy atom. The molecule has 2 aromatic carbocycles. The van der Waals surface area contributed by atoms with Crippen LogP contribution in [0.2, 0.25) is 0 Å². The van der Waals surface area contributed by atoms with Crippen LogP contribution in [0.25, 0.3) is 11.0 Å².